The Morgan fingerprint density at radius 1 is 1.07 bits per heavy atom. The molecule has 0 amide bonds. The third kappa shape index (κ3) is 1.06. The van der Waals surface area contributed by atoms with Crippen LogP contribution >= 0.6 is 0 Å². The topological polar surface area (TPSA) is 0 Å². The average Bonchev–Trinajstić information content (AvgIpc) is 2.86. The minimum atomic E-state index is 0.976. The molecule has 3 rings (SSSR count). The summed E-state index contributed by atoms with van der Waals surface area (Å²) < 4.78 is 0. The van der Waals surface area contributed by atoms with Gasteiger partial charge in [-0.25, -0.2) is 0 Å². The van der Waals surface area contributed by atoms with E-state index in [-0.39, 0.29) is 0 Å². The zero-order valence-electron chi connectivity index (χ0n) is 9.50. The van der Waals surface area contributed by atoms with Gasteiger partial charge in [-0.1, -0.05) is 18.1 Å². The molecule has 0 spiro atoms. The van der Waals surface area contributed by atoms with Gasteiger partial charge < -0.3 is 0 Å². The van der Waals surface area contributed by atoms with E-state index in [2.05, 4.69) is 19.9 Å². The van der Waals surface area contributed by atoms with Crippen molar-refractivity contribution in [1.29, 1.82) is 0 Å². The van der Waals surface area contributed by atoms with Crippen LogP contribution in [0, 0.1) is 29.6 Å². The lowest BCUT2D eigenvalue weighted by atomic mass is 9.73. The molecule has 2 bridgehead atoms. The van der Waals surface area contributed by atoms with Crippen LogP contribution in [-0.4, -0.2) is 0 Å². The zero-order chi connectivity index (χ0) is 9.71. The number of allylic oxidation sites excluding steroid dienone is 2. The molecule has 0 aromatic carbocycles. The third-order valence-corrected chi connectivity index (χ3v) is 5.47. The van der Waals surface area contributed by atoms with Crippen molar-refractivity contribution in [3.05, 3.63) is 11.6 Å². The van der Waals surface area contributed by atoms with Gasteiger partial charge in [0.05, 0.1) is 0 Å². The van der Waals surface area contributed by atoms with Gasteiger partial charge in [0.2, 0.25) is 0 Å². The maximum atomic E-state index is 2.36. The van der Waals surface area contributed by atoms with Crippen molar-refractivity contribution in [2.75, 3.05) is 0 Å². The second kappa shape index (κ2) is 3.12. The monoisotopic (exact) mass is 190 g/mol. The number of hydrogen-bond donors (Lipinski definition) is 0. The first kappa shape index (κ1) is 9.00. The number of hydrogen-bond acceptors (Lipinski definition) is 0. The Kier molecular flexibility index (Phi) is 2.00. The largest absolute Gasteiger partial charge is 0.0884 e. The maximum Gasteiger partial charge on any atom is -0.0172 e. The molecule has 0 nitrogen and oxygen atoms in total. The smallest absolute Gasteiger partial charge is 0.0172 e. The Morgan fingerprint density at radius 2 is 1.86 bits per heavy atom. The Morgan fingerprint density at radius 3 is 2.64 bits per heavy atom. The first-order chi connectivity index (χ1) is 6.81. The standard InChI is InChI=1S/C14H22/c1-3-9(2)13-7-10-8-14(13)12-6-4-5-11(10)12/h3,10-14H,4-8H2,1-2H3. The molecule has 5 unspecified atom stereocenters. The highest BCUT2D eigenvalue weighted by atomic mass is 14.6. The summed E-state index contributed by atoms with van der Waals surface area (Å²) >= 11 is 0. The maximum absolute atomic E-state index is 2.36. The van der Waals surface area contributed by atoms with Gasteiger partial charge in [0.15, 0.2) is 0 Å². The minimum absolute atomic E-state index is 0.976. The summed E-state index contributed by atoms with van der Waals surface area (Å²) in [6, 6.07) is 0. The van der Waals surface area contributed by atoms with Crippen LogP contribution in [0.4, 0.5) is 0 Å². The predicted molar refractivity (Wildman–Crippen MR) is 60.0 cm³/mol. The van der Waals surface area contributed by atoms with Gasteiger partial charge in [0, 0.05) is 0 Å². The molecule has 3 fully saturated rings. The van der Waals surface area contributed by atoms with E-state index in [1.54, 1.807) is 24.8 Å². The van der Waals surface area contributed by atoms with Crippen LogP contribution in [-0.2, 0) is 0 Å². The van der Waals surface area contributed by atoms with E-state index in [9.17, 15) is 0 Å². The Balaban J connectivity index is 1.83. The van der Waals surface area contributed by atoms with Gasteiger partial charge in [0.1, 0.15) is 0 Å². The molecule has 0 aliphatic heterocycles. The van der Waals surface area contributed by atoms with Crippen molar-refractivity contribution < 1.29 is 0 Å². The molecule has 0 saturated heterocycles. The quantitative estimate of drug-likeness (QED) is 0.548. The molecule has 78 valence electrons. The van der Waals surface area contributed by atoms with E-state index >= 15 is 0 Å². The van der Waals surface area contributed by atoms with Gasteiger partial charge in [0.25, 0.3) is 0 Å². The van der Waals surface area contributed by atoms with Crippen molar-refractivity contribution in [1.82, 2.24) is 0 Å². The molecule has 0 heterocycles. The molecule has 0 aromatic rings. The molecule has 0 N–H and O–H groups in total. The SMILES string of the molecule is CC=C(C)C1CC2CC1C1CCCC21. The normalized spacial score (nSPS) is 51.3. The second-order valence-electron chi connectivity index (χ2n) is 5.79. The summed E-state index contributed by atoms with van der Waals surface area (Å²) in [6.07, 6.45) is 10.1. The Labute approximate surface area is 87.8 Å². The molecule has 3 aliphatic rings. The van der Waals surface area contributed by atoms with Crippen molar-refractivity contribution >= 4 is 0 Å². The molecule has 14 heavy (non-hydrogen) atoms. The van der Waals surface area contributed by atoms with E-state index < -0.39 is 0 Å². The van der Waals surface area contributed by atoms with Crippen LogP contribution in [0.3, 0.4) is 0 Å². The Bertz CT molecular complexity index is 263. The summed E-state index contributed by atoms with van der Waals surface area (Å²) in [4.78, 5) is 0. The van der Waals surface area contributed by atoms with Crippen molar-refractivity contribution in [3.8, 4) is 0 Å². The molecule has 0 radical (unpaired) electrons. The van der Waals surface area contributed by atoms with Gasteiger partial charge in [-0.3, -0.25) is 0 Å². The molecule has 5 atom stereocenters. The first-order valence-corrected chi connectivity index (χ1v) is 6.44. The predicted octanol–water partition coefficient (Wildman–Crippen LogP) is 4.02. The lowest BCUT2D eigenvalue weighted by molar-refractivity contribution is 0.211. The van der Waals surface area contributed by atoms with Gasteiger partial charge in [-0.2, -0.15) is 0 Å². The van der Waals surface area contributed by atoms with Crippen molar-refractivity contribution in [3.63, 3.8) is 0 Å². The lowest BCUT2D eigenvalue weighted by Crippen LogP contribution is -2.24. The Hall–Kier alpha value is -0.260. The van der Waals surface area contributed by atoms with Crippen LogP contribution in [0.2, 0.25) is 0 Å². The molecular formula is C14H22. The zero-order valence-corrected chi connectivity index (χ0v) is 9.50. The lowest BCUT2D eigenvalue weighted by Gasteiger charge is -2.32. The fraction of sp³-hybridized carbons (Fsp3) is 0.857. The van der Waals surface area contributed by atoms with Crippen molar-refractivity contribution in [2.24, 2.45) is 29.6 Å². The van der Waals surface area contributed by atoms with E-state index in [0.717, 1.165) is 29.6 Å². The third-order valence-electron chi connectivity index (χ3n) is 5.47. The molecular weight excluding hydrogens is 168 g/mol. The second-order valence-corrected chi connectivity index (χ2v) is 5.79. The highest BCUT2D eigenvalue weighted by molar-refractivity contribution is 5.14. The van der Waals surface area contributed by atoms with Crippen molar-refractivity contribution in [2.45, 2.75) is 46.0 Å². The van der Waals surface area contributed by atoms with Crippen LogP contribution in [0.1, 0.15) is 46.0 Å². The number of fused-ring (bicyclic) bond motifs is 5. The van der Waals surface area contributed by atoms with Gasteiger partial charge >= 0.3 is 0 Å². The van der Waals surface area contributed by atoms with Gasteiger partial charge in [-0.05, 0) is 69.1 Å². The summed E-state index contributed by atoms with van der Waals surface area (Å²) in [5.74, 6) is 5.47. The first-order valence-electron chi connectivity index (χ1n) is 6.44. The molecule has 0 aromatic heterocycles. The van der Waals surface area contributed by atoms with E-state index in [1.165, 1.54) is 12.8 Å². The molecule has 3 saturated carbocycles. The summed E-state index contributed by atoms with van der Waals surface area (Å²) in [5.41, 5.74) is 1.68. The number of rotatable bonds is 1. The van der Waals surface area contributed by atoms with E-state index in [1.807, 2.05) is 0 Å². The minimum Gasteiger partial charge on any atom is -0.0884 e. The van der Waals surface area contributed by atoms with E-state index in [0.29, 0.717) is 0 Å². The van der Waals surface area contributed by atoms with Crippen LogP contribution in [0.5, 0.6) is 0 Å². The highest BCUT2D eigenvalue weighted by Gasteiger charge is 2.53. The van der Waals surface area contributed by atoms with Crippen LogP contribution in [0.15, 0.2) is 11.6 Å². The van der Waals surface area contributed by atoms with Crippen LogP contribution < -0.4 is 0 Å². The van der Waals surface area contributed by atoms with E-state index in [4.69, 9.17) is 0 Å². The molecule has 0 heteroatoms. The highest BCUT2D eigenvalue weighted by Crippen LogP contribution is 2.62. The molecule has 3 aliphatic carbocycles. The fourth-order valence-corrected chi connectivity index (χ4v) is 4.81. The van der Waals surface area contributed by atoms with Gasteiger partial charge in [-0.15, -0.1) is 0 Å². The average molecular weight is 190 g/mol. The fourth-order valence-electron chi connectivity index (χ4n) is 4.81. The van der Waals surface area contributed by atoms with Crippen LogP contribution in [0.25, 0.3) is 0 Å². The summed E-state index contributed by atoms with van der Waals surface area (Å²) in [7, 11) is 0. The summed E-state index contributed by atoms with van der Waals surface area (Å²) in [6.45, 7) is 4.57. The summed E-state index contributed by atoms with van der Waals surface area (Å²) in [5, 5.41) is 0.